The van der Waals surface area contributed by atoms with Crippen molar-refractivity contribution < 1.29 is 19.1 Å². The van der Waals surface area contributed by atoms with Crippen molar-refractivity contribution in [2.75, 3.05) is 39.9 Å². The molecule has 3 rings (SSSR count). The maximum absolute atomic E-state index is 12.6. The Kier molecular flexibility index (Phi) is 5.58. The first-order valence-electron chi connectivity index (χ1n) is 8.91. The standard InChI is InChI=1S/C19H26N2O4/c1-3-14-5-4-6-16(9-14)25-17-12-21(13-17)19(23)15-10-18(22)20(11-15)7-8-24-2/h4-6,9,15,17H,3,7-8,10-13H2,1-2H3/t15-/m1/s1. The highest BCUT2D eigenvalue weighted by Crippen LogP contribution is 2.25. The molecule has 0 aromatic heterocycles. The van der Waals surface area contributed by atoms with Crippen LogP contribution in [0.25, 0.3) is 0 Å². The Bertz CT molecular complexity index is 628. The molecule has 0 saturated carbocycles. The van der Waals surface area contributed by atoms with Crippen molar-refractivity contribution in [2.45, 2.75) is 25.9 Å². The van der Waals surface area contributed by atoms with Gasteiger partial charge in [-0.25, -0.2) is 0 Å². The number of hydrogen-bond donors (Lipinski definition) is 0. The summed E-state index contributed by atoms with van der Waals surface area (Å²) >= 11 is 0. The van der Waals surface area contributed by atoms with Crippen LogP contribution in [0.4, 0.5) is 0 Å². The molecule has 2 saturated heterocycles. The maximum Gasteiger partial charge on any atom is 0.228 e. The predicted molar refractivity (Wildman–Crippen MR) is 93.4 cm³/mol. The number of carbonyl (C=O) groups is 2. The van der Waals surface area contributed by atoms with Gasteiger partial charge in [0.15, 0.2) is 0 Å². The van der Waals surface area contributed by atoms with Gasteiger partial charge in [-0.15, -0.1) is 0 Å². The Morgan fingerprint density at radius 2 is 2.08 bits per heavy atom. The van der Waals surface area contributed by atoms with Gasteiger partial charge in [-0.1, -0.05) is 19.1 Å². The zero-order valence-corrected chi connectivity index (χ0v) is 14.9. The fraction of sp³-hybridized carbons (Fsp3) is 0.579. The molecule has 0 radical (unpaired) electrons. The average molecular weight is 346 g/mol. The van der Waals surface area contributed by atoms with Crippen molar-refractivity contribution >= 4 is 11.8 Å². The highest BCUT2D eigenvalue weighted by Gasteiger charge is 2.40. The molecule has 6 nitrogen and oxygen atoms in total. The molecule has 0 bridgehead atoms. The summed E-state index contributed by atoms with van der Waals surface area (Å²) in [7, 11) is 1.61. The minimum atomic E-state index is -0.228. The second kappa shape index (κ2) is 7.87. The molecule has 1 aromatic carbocycles. The fourth-order valence-electron chi connectivity index (χ4n) is 3.34. The third-order valence-electron chi connectivity index (χ3n) is 4.90. The van der Waals surface area contributed by atoms with E-state index in [0.29, 0.717) is 39.2 Å². The van der Waals surface area contributed by atoms with E-state index >= 15 is 0 Å². The van der Waals surface area contributed by atoms with Crippen LogP contribution in [0.3, 0.4) is 0 Å². The Balaban J connectivity index is 1.46. The smallest absolute Gasteiger partial charge is 0.228 e. The number of hydrogen-bond acceptors (Lipinski definition) is 4. The third-order valence-corrected chi connectivity index (χ3v) is 4.90. The number of carbonyl (C=O) groups excluding carboxylic acids is 2. The van der Waals surface area contributed by atoms with Crippen LogP contribution < -0.4 is 4.74 Å². The monoisotopic (exact) mass is 346 g/mol. The normalized spacial score (nSPS) is 20.7. The zero-order valence-electron chi connectivity index (χ0n) is 14.9. The summed E-state index contributed by atoms with van der Waals surface area (Å²) in [6.45, 7) is 4.86. The van der Waals surface area contributed by atoms with Gasteiger partial charge in [0.05, 0.1) is 25.6 Å². The average Bonchev–Trinajstić information content (AvgIpc) is 2.96. The lowest BCUT2D eigenvalue weighted by Gasteiger charge is -2.40. The van der Waals surface area contributed by atoms with E-state index in [-0.39, 0.29) is 23.8 Å². The van der Waals surface area contributed by atoms with Gasteiger partial charge < -0.3 is 19.3 Å². The predicted octanol–water partition coefficient (Wildman–Crippen LogP) is 1.33. The summed E-state index contributed by atoms with van der Waals surface area (Å²) in [5.74, 6) is 0.738. The lowest BCUT2D eigenvalue weighted by molar-refractivity contribution is -0.144. The van der Waals surface area contributed by atoms with E-state index in [1.54, 1.807) is 16.9 Å². The van der Waals surface area contributed by atoms with Gasteiger partial charge in [0.2, 0.25) is 11.8 Å². The number of methoxy groups -OCH3 is 1. The summed E-state index contributed by atoms with van der Waals surface area (Å²) in [6.07, 6.45) is 1.32. The van der Waals surface area contributed by atoms with Crippen molar-refractivity contribution in [1.82, 2.24) is 9.80 Å². The van der Waals surface area contributed by atoms with Crippen LogP contribution in [-0.4, -0.2) is 67.6 Å². The molecule has 0 aliphatic carbocycles. The maximum atomic E-state index is 12.6. The van der Waals surface area contributed by atoms with Crippen LogP contribution in [0.2, 0.25) is 0 Å². The first kappa shape index (κ1) is 17.7. The number of nitrogens with zero attached hydrogens (tertiary/aromatic N) is 2. The molecule has 2 amide bonds. The minimum absolute atomic E-state index is 0.0396. The topological polar surface area (TPSA) is 59.1 Å². The molecular weight excluding hydrogens is 320 g/mol. The van der Waals surface area contributed by atoms with Crippen LogP contribution in [-0.2, 0) is 20.7 Å². The van der Waals surface area contributed by atoms with Crippen molar-refractivity contribution in [3.63, 3.8) is 0 Å². The van der Waals surface area contributed by atoms with E-state index in [2.05, 4.69) is 13.0 Å². The van der Waals surface area contributed by atoms with Gasteiger partial charge in [-0.3, -0.25) is 9.59 Å². The first-order valence-corrected chi connectivity index (χ1v) is 8.91. The van der Waals surface area contributed by atoms with Crippen molar-refractivity contribution in [1.29, 1.82) is 0 Å². The van der Waals surface area contributed by atoms with Crippen LogP contribution in [0.15, 0.2) is 24.3 Å². The number of aryl methyl sites for hydroxylation is 1. The van der Waals surface area contributed by atoms with E-state index in [0.717, 1.165) is 12.2 Å². The van der Waals surface area contributed by atoms with Crippen molar-refractivity contribution in [3.8, 4) is 5.75 Å². The Morgan fingerprint density at radius 1 is 1.28 bits per heavy atom. The highest BCUT2D eigenvalue weighted by atomic mass is 16.5. The van der Waals surface area contributed by atoms with E-state index < -0.39 is 0 Å². The van der Waals surface area contributed by atoms with Gasteiger partial charge in [0, 0.05) is 26.6 Å². The first-order chi connectivity index (χ1) is 12.1. The fourth-order valence-corrected chi connectivity index (χ4v) is 3.34. The molecule has 2 aliphatic heterocycles. The van der Waals surface area contributed by atoms with E-state index in [1.165, 1.54) is 5.56 Å². The molecule has 0 N–H and O–H groups in total. The lowest BCUT2D eigenvalue weighted by atomic mass is 10.0. The van der Waals surface area contributed by atoms with E-state index in [4.69, 9.17) is 9.47 Å². The van der Waals surface area contributed by atoms with Gasteiger partial charge in [-0.2, -0.15) is 0 Å². The van der Waals surface area contributed by atoms with Crippen LogP contribution in [0, 0.1) is 5.92 Å². The Hall–Kier alpha value is -2.08. The molecule has 6 heteroatoms. The summed E-state index contributed by atoms with van der Waals surface area (Å²) in [5, 5.41) is 0. The SMILES string of the molecule is CCc1cccc(OC2CN(C(=O)[C@@H]3CC(=O)N(CCOC)C3)C2)c1. The number of likely N-dealkylation sites (tertiary alicyclic amines) is 2. The molecule has 2 fully saturated rings. The molecular formula is C19H26N2O4. The van der Waals surface area contributed by atoms with Gasteiger partial charge in [0.1, 0.15) is 11.9 Å². The Morgan fingerprint density at radius 3 is 2.80 bits per heavy atom. The van der Waals surface area contributed by atoms with E-state index in [9.17, 15) is 9.59 Å². The number of benzene rings is 1. The molecule has 136 valence electrons. The molecule has 2 heterocycles. The third kappa shape index (κ3) is 4.12. The second-order valence-corrected chi connectivity index (χ2v) is 6.72. The summed E-state index contributed by atoms with van der Waals surface area (Å²) in [6, 6.07) is 8.07. The minimum Gasteiger partial charge on any atom is -0.487 e. The summed E-state index contributed by atoms with van der Waals surface area (Å²) in [5.41, 5.74) is 1.24. The van der Waals surface area contributed by atoms with E-state index in [1.807, 2.05) is 18.2 Å². The molecule has 1 atom stereocenters. The Labute approximate surface area is 148 Å². The quantitative estimate of drug-likeness (QED) is 0.747. The van der Waals surface area contributed by atoms with Crippen LogP contribution >= 0.6 is 0 Å². The van der Waals surface area contributed by atoms with Crippen molar-refractivity contribution in [3.05, 3.63) is 29.8 Å². The highest BCUT2D eigenvalue weighted by molar-refractivity contribution is 5.89. The lowest BCUT2D eigenvalue weighted by Crippen LogP contribution is -2.57. The van der Waals surface area contributed by atoms with Crippen LogP contribution in [0.5, 0.6) is 5.75 Å². The van der Waals surface area contributed by atoms with Gasteiger partial charge in [0.25, 0.3) is 0 Å². The second-order valence-electron chi connectivity index (χ2n) is 6.72. The number of amides is 2. The van der Waals surface area contributed by atoms with Crippen LogP contribution in [0.1, 0.15) is 18.9 Å². The molecule has 25 heavy (non-hydrogen) atoms. The number of ether oxygens (including phenoxy) is 2. The summed E-state index contributed by atoms with van der Waals surface area (Å²) in [4.78, 5) is 28.0. The zero-order chi connectivity index (χ0) is 17.8. The molecule has 0 spiro atoms. The van der Waals surface area contributed by atoms with Crippen molar-refractivity contribution in [2.24, 2.45) is 5.92 Å². The number of rotatable bonds is 7. The molecule has 0 unspecified atom stereocenters. The summed E-state index contributed by atoms with van der Waals surface area (Å²) < 4.78 is 11.0. The van der Waals surface area contributed by atoms with Gasteiger partial charge in [-0.05, 0) is 24.1 Å². The largest absolute Gasteiger partial charge is 0.487 e. The molecule has 1 aromatic rings. The van der Waals surface area contributed by atoms with Gasteiger partial charge >= 0.3 is 0 Å². The molecule has 2 aliphatic rings.